The van der Waals surface area contributed by atoms with Crippen LogP contribution in [-0.2, 0) is 11.2 Å². The topological polar surface area (TPSA) is 122 Å². The van der Waals surface area contributed by atoms with Crippen molar-refractivity contribution in [3.05, 3.63) is 37.9 Å². The third-order valence-corrected chi connectivity index (χ3v) is 2.68. The van der Waals surface area contributed by atoms with Gasteiger partial charge in [-0.05, 0) is 26.2 Å². The Kier molecular flexibility index (Phi) is 6.00. The highest BCUT2D eigenvalue weighted by Crippen LogP contribution is 2.37. The minimum Gasteiger partial charge on any atom is -0.431 e. The molecule has 1 aromatic carbocycles. The van der Waals surface area contributed by atoms with Crippen LogP contribution in [0.3, 0.4) is 0 Å². The molecule has 0 bridgehead atoms. The van der Waals surface area contributed by atoms with E-state index in [-0.39, 0.29) is 23.7 Å². The van der Waals surface area contributed by atoms with E-state index in [2.05, 4.69) is 0 Å². The van der Waals surface area contributed by atoms with Crippen LogP contribution in [0.5, 0.6) is 5.75 Å². The summed E-state index contributed by atoms with van der Waals surface area (Å²) in [6, 6.07) is 1.94. The van der Waals surface area contributed by atoms with Crippen LogP contribution in [-0.4, -0.2) is 22.1 Å². The summed E-state index contributed by atoms with van der Waals surface area (Å²) in [6.07, 6.45) is -1.29. The van der Waals surface area contributed by atoms with Crippen molar-refractivity contribution in [3.63, 3.8) is 0 Å². The zero-order valence-corrected chi connectivity index (χ0v) is 13.3. The molecule has 1 rings (SSSR count). The molecule has 0 fully saturated rings. The highest BCUT2D eigenvalue weighted by molar-refractivity contribution is 5.69. The van der Waals surface area contributed by atoms with Gasteiger partial charge in [-0.25, -0.2) is 4.79 Å². The van der Waals surface area contributed by atoms with Gasteiger partial charge in [0.25, 0.3) is 5.69 Å². The molecular weight excluding hydrogens is 308 g/mol. The minimum absolute atomic E-state index is 0.0417. The smallest absolute Gasteiger partial charge is 0.431 e. The fourth-order valence-corrected chi connectivity index (χ4v) is 1.91. The van der Waals surface area contributed by atoms with Crippen molar-refractivity contribution in [1.29, 1.82) is 0 Å². The second kappa shape index (κ2) is 7.52. The Hall–Kier alpha value is -2.71. The number of carbonyl (C=O) groups excluding carboxylic acids is 1. The van der Waals surface area contributed by atoms with E-state index >= 15 is 0 Å². The van der Waals surface area contributed by atoms with Gasteiger partial charge in [-0.2, -0.15) is 0 Å². The predicted molar refractivity (Wildman–Crippen MR) is 80.5 cm³/mol. The summed E-state index contributed by atoms with van der Waals surface area (Å²) < 4.78 is 9.77. The first kappa shape index (κ1) is 18.3. The Morgan fingerprint density at radius 1 is 1.13 bits per heavy atom. The van der Waals surface area contributed by atoms with E-state index in [1.807, 2.05) is 13.8 Å². The lowest BCUT2D eigenvalue weighted by Gasteiger charge is -2.13. The van der Waals surface area contributed by atoms with E-state index in [4.69, 9.17) is 9.47 Å². The zero-order chi connectivity index (χ0) is 17.7. The summed E-state index contributed by atoms with van der Waals surface area (Å²) >= 11 is 0. The predicted octanol–water partition coefficient (Wildman–Crippen LogP) is 3.63. The maximum atomic E-state index is 11.7. The molecule has 0 saturated heterocycles. The number of benzene rings is 1. The molecule has 0 amide bonds. The Labute approximate surface area is 132 Å². The average molecular weight is 326 g/mol. The third kappa shape index (κ3) is 5.20. The number of non-ortho nitro benzene ring substituents is 1. The number of ether oxygens (including phenoxy) is 2. The highest BCUT2D eigenvalue weighted by Gasteiger charge is 2.28. The lowest BCUT2D eigenvalue weighted by atomic mass is 10.0. The maximum Gasteiger partial charge on any atom is 0.514 e. The molecule has 0 aliphatic heterocycles. The molecule has 0 aliphatic rings. The molecule has 0 heterocycles. The van der Waals surface area contributed by atoms with Crippen LogP contribution in [0.1, 0.15) is 33.3 Å². The van der Waals surface area contributed by atoms with E-state index in [1.165, 1.54) is 6.07 Å². The standard InChI is InChI=1S/C14H18N2O7/c1-8(2)5-10-6-11(15(18)19)7-12(16(20)21)13(10)23-14(17)22-9(3)4/h6-9H,5H2,1-4H3. The number of nitro groups is 2. The average Bonchev–Trinajstić information content (AvgIpc) is 2.38. The van der Waals surface area contributed by atoms with Gasteiger partial charge < -0.3 is 9.47 Å². The Morgan fingerprint density at radius 3 is 2.17 bits per heavy atom. The molecule has 0 aliphatic carbocycles. The molecule has 23 heavy (non-hydrogen) atoms. The van der Waals surface area contributed by atoms with Gasteiger partial charge in [-0.15, -0.1) is 0 Å². The number of nitrogens with zero attached hydrogens (tertiary/aromatic N) is 2. The van der Waals surface area contributed by atoms with Crippen LogP contribution in [0.2, 0.25) is 0 Å². The van der Waals surface area contributed by atoms with E-state index in [0.29, 0.717) is 0 Å². The van der Waals surface area contributed by atoms with Crippen LogP contribution in [0.4, 0.5) is 16.2 Å². The van der Waals surface area contributed by atoms with Crippen molar-refractivity contribution in [3.8, 4) is 5.75 Å². The van der Waals surface area contributed by atoms with E-state index < -0.39 is 33.5 Å². The summed E-state index contributed by atoms with van der Waals surface area (Å²) in [6.45, 7) is 6.86. The number of rotatable bonds is 6. The van der Waals surface area contributed by atoms with Crippen LogP contribution < -0.4 is 4.74 Å². The van der Waals surface area contributed by atoms with Crippen molar-refractivity contribution < 1.29 is 24.1 Å². The molecule has 0 saturated carbocycles. The largest absolute Gasteiger partial charge is 0.514 e. The summed E-state index contributed by atoms with van der Waals surface area (Å²) in [7, 11) is 0. The lowest BCUT2D eigenvalue weighted by Crippen LogP contribution is -2.17. The first-order chi connectivity index (χ1) is 10.6. The minimum atomic E-state index is -1.10. The van der Waals surface area contributed by atoms with Gasteiger partial charge in [0.1, 0.15) is 0 Å². The fraction of sp³-hybridized carbons (Fsp3) is 0.500. The molecule has 9 nitrogen and oxygen atoms in total. The fourth-order valence-electron chi connectivity index (χ4n) is 1.91. The van der Waals surface area contributed by atoms with Crippen LogP contribution >= 0.6 is 0 Å². The number of hydrogen-bond acceptors (Lipinski definition) is 7. The molecule has 126 valence electrons. The first-order valence-corrected chi connectivity index (χ1v) is 6.96. The molecule has 0 spiro atoms. The summed E-state index contributed by atoms with van der Waals surface area (Å²) in [5, 5.41) is 22.1. The summed E-state index contributed by atoms with van der Waals surface area (Å²) in [5.41, 5.74) is -0.867. The van der Waals surface area contributed by atoms with Gasteiger partial charge in [-0.1, -0.05) is 13.8 Å². The lowest BCUT2D eigenvalue weighted by molar-refractivity contribution is -0.394. The van der Waals surface area contributed by atoms with Gasteiger partial charge in [0, 0.05) is 11.6 Å². The van der Waals surface area contributed by atoms with E-state index in [9.17, 15) is 25.0 Å². The van der Waals surface area contributed by atoms with Gasteiger partial charge in [0.2, 0.25) is 5.75 Å². The number of carbonyl (C=O) groups is 1. The van der Waals surface area contributed by atoms with Crippen molar-refractivity contribution in [1.82, 2.24) is 0 Å². The van der Waals surface area contributed by atoms with Crippen LogP contribution in [0, 0.1) is 26.1 Å². The monoisotopic (exact) mass is 326 g/mol. The highest BCUT2D eigenvalue weighted by atomic mass is 16.7. The first-order valence-electron chi connectivity index (χ1n) is 6.96. The molecule has 9 heteroatoms. The number of nitro benzene ring substituents is 2. The molecule has 0 radical (unpaired) electrons. The Balaban J connectivity index is 3.40. The van der Waals surface area contributed by atoms with Gasteiger partial charge in [0.05, 0.1) is 22.0 Å². The molecule has 0 N–H and O–H groups in total. The van der Waals surface area contributed by atoms with Gasteiger partial charge in [-0.3, -0.25) is 20.2 Å². The van der Waals surface area contributed by atoms with Crippen molar-refractivity contribution in [2.45, 2.75) is 40.2 Å². The number of hydrogen-bond donors (Lipinski definition) is 0. The van der Waals surface area contributed by atoms with E-state index in [0.717, 1.165) is 6.07 Å². The summed E-state index contributed by atoms with van der Waals surface area (Å²) in [4.78, 5) is 32.2. The van der Waals surface area contributed by atoms with Crippen LogP contribution in [0.25, 0.3) is 0 Å². The van der Waals surface area contributed by atoms with Crippen molar-refractivity contribution >= 4 is 17.5 Å². The normalized spacial score (nSPS) is 10.7. The maximum absolute atomic E-state index is 11.7. The SMILES string of the molecule is CC(C)Cc1cc([N+](=O)[O-])cc([N+](=O)[O-])c1OC(=O)OC(C)C. The zero-order valence-electron chi connectivity index (χ0n) is 13.3. The quantitative estimate of drug-likeness (QED) is 0.338. The van der Waals surface area contributed by atoms with Crippen molar-refractivity contribution in [2.24, 2.45) is 5.92 Å². The second-order valence-corrected chi connectivity index (χ2v) is 5.58. The second-order valence-electron chi connectivity index (χ2n) is 5.58. The van der Waals surface area contributed by atoms with Crippen molar-refractivity contribution in [2.75, 3.05) is 0 Å². The van der Waals surface area contributed by atoms with Gasteiger partial charge >= 0.3 is 11.8 Å². The molecule has 0 unspecified atom stereocenters. The molecular formula is C14H18N2O7. The molecule has 0 aromatic heterocycles. The Bertz CT molecular complexity index is 626. The summed E-state index contributed by atoms with van der Waals surface area (Å²) in [5.74, 6) is -0.278. The van der Waals surface area contributed by atoms with Gasteiger partial charge in [0.15, 0.2) is 0 Å². The molecule has 0 atom stereocenters. The Morgan fingerprint density at radius 2 is 1.74 bits per heavy atom. The van der Waals surface area contributed by atoms with E-state index in [1.54, 1.807) is 13.8 Å². The molecule has 1 aromatic rings. The third-order valence-electron chi connectivity index (χ3n) is 2.68. The van der Waals surface area contributed by atoms with Crippen LogP contribution in [0.15, 0.2) is 12.1 Å².